The zero-order valence-corrected chi connectivity index (χ0v) is 13.5. The number of nitro groups is 1. The lowest BCUT2D eigenvalue weighted by Crippen LogP contribution is -2.24. The Balaban J connectivity index is 2.12. The zero-order valence-electron chi connectivity index (χ0n) is 11.9. The maximum absolute atomic E-state index is 11.7. The fraction of sp³-hybridized carbons (Fsp3) is 0.500. The first-order chi connectivity index (χ1) is 9.93. The Labute approximate surface area is 131 Å². The lowest BCUT2D eigenvalue weighted by Gasteiger charge is -2.16. The number of esters is 1. The van der Waals surface area contributed by atoms with Crippen molar-refractivity contribution in [2.24, 2.45) is 11.8 Å². The second-order valence-corrected chi connectivity index (χ2v) is 6.10. The predicted octanol–water partition coefficient (Wildman–Crippen LogP) is 2.60. The Hall–Kier alpha value is -1.47. The van der Waals surface area contributed by atoms with Crippen LogP contribution in [-0.4, -0.2) is 36.0 Å². The van der Waals surface area contributed by atoms with Crippen molar-refractivity contribution >= 4 is 27.6 Å². The summed E-state index contributed by atoms with van der Waals surface area (Å²) in [6.07, 6.45) is 0. The van der Waals surface area contributed by atoms with Gasteiger partial charge in [0.25, 0.3) is 5.69 Å². The standard InChI is InChI=1S/C14H17BrN2O4/c1-9-6-16(8-11(9)14(18)21-2)7-10-4-3-5-12(13(10)15)17(19)20/h3-5,9,11H,6-8H2,1-2H3. The average molecular weight is 357 g/mol. The van der Waals surface area contributed by atoms with Gasteiger partial charge in [0.1, 0.15) is 0 Å². The quantitative estimate of drug-likeness (QED) is 0.471. The normalized spacial score (nSPS) is 22.2. The van der Waals surface area contributed by atoms with Crippen LogP contribution in [0.25, 0.3) is 0 Å². The number of rotatable bonds is 4. The lowest BCUT2D eigenvalue weighted by molar-refractivity contribution is -0.385. The molecule has 0 N–H and O–H groups in total. The van der Waals surface area contributed by atoms with E-state index in [2.05, 4.69) is 20.8 Å². The summed E-state index contributed by atoms with van der Waals surface area (Å²) >= 11 is 3.30. The van der Waals surface area contributed by atoms with Crippen molar-refractivity contribution < 1.29 is 14.5 Å². The number of methoxy groups -OCH3 is 1. The molecule has 1 aliphatic rings. The van der Waals surface area contributed by atoms with Crippen LogP contribution < -0.4 is 0 Å². The number of likely N-dealkylation sites (tertiary alicyclic amines) is 1. The fourth-order valence-electron chi connectivity index (χ4n) is 2.72. The molecule has 1 aliphatic heterocycles. The highest BCUT2D eigenvalue weighted by Gasteiger charge is 2.35. The van der Waals surface area contributed by atoms with E-state index < -0.39 is 4.92 Å². The summed E-state index contributed by atoms with van der Waals surface area (Å²) in [5, 5.41) is 10.9. The van der Waals surface area contributed by atoms with Gasteiger partial charge >= 0.3 is 5.97 Å². The summed E-state index contributed by atoms with van der Waals surface area (Å²) < 4.78 is 5.32. The summed E-state index contributed by atoms with van der Waals surface area (Å²) in [6, 6.07) is 5.00. The van der Waals surface area contributed by atoms with E-state index in [4.69, 9.17) is 4.74 Å². The maximum atomic E-state index is 11.7. The average Bonchev–Trinajstić information content (AvgIpc) is 2.80. The van der Waals surface area contributed by atoms with Gasteiger partial charge < -0.3 is 4.74 Å². The summed E-state index contributed by atoms with van der Waals surface area (Å²) in [4.78, 5) is 24.3. The summed E-state index contributed by atoms with van der Waals surface area (Å²) in [5.41, 5.74) is 0.908. The number of hydrogen-bond acceptors (Lipinski definition) is 5. The van der Waals surface area contributed by atoms with E-state index in [1.54, 1.807) is 6.07 Å². The molecule has 21 heavy (non-hydrogen) atoms. The first-order valence-corrected chi connectivity index (χ1v) is 7.45. The lowest BCUT2D eigenvalue weighted by atomic mass is 9.99. The van der Waals surface area contributed by atoms with Crippen LogP contribution in [0.3, 0.4) is 0 Å². The van der Waals surface area contributed by atoms with E-state index in [1.807, 2.05) is 13.0 Å². The Kier molecular flexibility index (Phi) is 4.95. The summed E-state index contributed by atoms with van der Waals surface area (Å²) in [5.74, 6) is -0.106. The molecule has 2 unspecified atom stereocenters. The molecule has 7 heteroatoms. The van der Waals surface area contributed by atoms with Crippen LogP contribution in [0.2, 0.25) is 0 Å². The largest absolute Gasteiger partial charge is 0.469 e. The Morgan fingerprint density at radius 2 is 2.24 bits per heavy atom. The minimum absolute atomic E-state index is 0.0595. The molecule has 2 atom stereocenters. The molecule has 114 valence electrons. The number of carbonyl (C=O) groups excluding carboxylic acids is 1. The fourth-order valence-corrected chi connectivity index (χ4v) is 3.26. The van der Waals surface area contributed by atoms with Gasteiger partial charge in [0.05, 0.1) is 22.4 Å². The third kappa shape index (κ3) is 3.41. The van der Waals surface area contributed by atoms with E-state index in [0.717, 1.165) is 12.1 Å². The van der Waals surface area contributed by atoms with Crippen LogP contribution in [0, 0.1) is 22.0 Å². The van der Waals surface area contributed by atoms with E-state index >= 15 is 0 Å². The molecular weight excluding hydrogens is 340 g/mol. The molecular formula is C14H17BrN2O4. The molecule has 1 saturated heterocycles. The van der Waals surface area contributed by atoms with Crippen LogP contribution in [-0.2, 0) is 16.1 Å². The van der Waals surface area contributed by atoms with Crippen molar-refractivity contribution in [3.05, 3.63) is 38.3 Å². The number of halogens is 1. The highest BCUT2D eigenvalue weighted by molar-refractivity contribution is 9.10. The van der Waals surface area contributed by atoms with Crippen molar-refractivity contribution in [2.45, 2.75) is 13.5 Å². The number of benzene rings is 1. The third-order valence-electron chi connectivity index (χ3n) is 3.84. The minimum atomic E-state index is -0.405. The third-order valence-corrected chi connectivity index (χ3v) is 4.76. The Morgan fingerprint density at radius 1 is 1.52 bits per heavy atom. The van der Waals surface area contributed by atoms with Crippen LogP contribution in [0.1, 0.15) is 12.5 Å². The molecule has 0 saturated carbocycles. The highest BCUT2D eigenvalue weighted by Crippen LogP contribution is 2.31. The predicted molar refractivity (Wildman–Crippen MR) is 80.7 cm³/mol. The molecule has 1 aromatic carbocycles. The number of ether oxygens (including phenoxy) is 1. The maximum Gasteiger partial charge on any atom is 0.310 e. The van der Waals surface area contributed by atoms with Gasteiger partial charge in [-0.15, -0.1) is 0 Å². The van der Waals surface area contributed by atoms with E-state index in [9.17, 15) is 14.9 Å². The number of nitro benzene ring substituents is 1. The highest BCUT2D eigenvalue weighted by atomic mass is 79.9. The second kappa shape index (κ2) is 6.53. The van der Waals surface area contributed by atoms with Crippen LogP contribution in [0.4, 0.5) is 5.69 Å². The summed E-state index contributed by atoms with van der Waals surface area (Å²) in [7, 11) is 1.40. The van der Waals surface area contributed by atoms with Crippen LogP contribution >= 0.6 is 15.9 Å². The van der Waals surface area contributed by atoms with Crippen molar-refractivity contribution in [1.29, 1.82) is 0 Å². The molecule has 1 aromatic rings. The molecule has 0 radical (unpaired) electrons. The van der Waals surface area contributed by atoms with Gasteiger partial charge in [-0.25, -0.2) is 0 Å². The van der Waals surface area contributed by atoms with Gasteiger partial charge in [-0.05, 0) is 27.4 Å². The van der Waals surface area contributed by atoms with E-state index in [1.165, 1.54) is 13.2 Å². The number of carbonyl (C=O) groups is 1. The molecule has 1 heterocycles. The Bertz CT molecular complexity index is 564. The SMILES string of the molecule is COC(=O)C1CN(Cc2cccc([N+](=O)[O-])c2Br)CC1C. The van der Waals surface area contributed by atoms with E-state index in [-0.39, 0.29) is 23.5 Å². The van der Waals surface area contributed by atoms with E-state index in [0.29, 0.717) is 17.6 Å². The van der Waals surface area contributed by atoms with Gasteiger partial charge in [0, 0.05) is 25.7 Å². The van der Waals surface area contributed by atoms with Gasteiger partial charge in [0.2, 0.25) is 0 Å². The van der Waals surface area contributed by atoms with Gasteiger partial charge in [-0.3, -0.25) is 19.8 Å². The molecule has 6 nitrogen and oxygen atoms in total. The first-order valence-electron chi connectivity index (χ1n) is 6.66. The topological polar surface area (TPSA) is 72.7 Å². The molecule has 0 aromatic heterocycles. The van der Waals surface area contributed by atoms with Gasteiger partial charge in [-0.2, -0.15) is 0 Å². The van der Waals surface area contributed by atoms with Crippen LogP contribution in [0.15, 0.2) is 22.7 Å². The van der Waals surface area contributed by atoms with Crippen molar-refractivity contribution in [2.75, 3.05) is 20.2 Å². The molecule has 0 spiro atoms. The van der Waals surface area contributed by atoms with Crippen LogP contribution in [0.5, 0.6) is 0 Å². The van der Waals surface area contributed by atoms with Gasteiger partial charge in [0.15, 0.2) is 0 Å². The Morgan fingerprint density at radius 3 is 2.86 bits per heavy atom. The number of nitrogens with zero attached hydrogens (tertiary/aromatic N) is 2. The summed E-state index contributed by atoms with van der Waals surface area (Å²) in [6.45, 7) is 3.97. The monoisotopic (exact) mass is 356 g/mol. The molecule has 0 amide bonds. The molecule has 0 aliphatic carbocycles. The molecule has 1 fully saturated rings. The van der Waals surface area contributed by atoms with Crippen molar-refractivity contribution in [1.82, 2.24) is 4.90 Å². The van der Waals surface area contributed by atoms with Gasteiger partial charge in [-0.1, -0.05) is 19.1 Å². The van der Waals surface area contributed by atoms with Crippen molar-refractivity contribution in [3.8, 4) is 0 Å². The molecule has 0 bridgehead atoms. The minimum Gasteiger partial charge on any atom is -0.469 e. The molecule has 2 rings (SSSR count). The second-order valence-electron chi connectivity index (χ2n) is 5.31. The van der Waals surface area contributed by atoms with Crippen molar-refractivity contribution in [3.63, 3.8) is 0 Å². The number of hydrogen-bond donors (Lipinski definition) is 0. The smallest absolute Gasteiger partial charge is 0.310 e. The first kappa shape index (κ1) is 15.9. The zero-order chi connectivity index (χ0) is 15.6.